The normalized spacial score (nSPS) is 12.6. The van der Waals surface area contributed by atoms with E-state index in [1.54, 1.807) is 0 Å². The van der Waals surface area contributed by atoms with E-state index in [9.17, 15) is 14.4 Å². The van der Waals surface area contributed by atoms with Crippen molar-refractivity contribution in [2.24, 2.45) is 0 Å². The van der Waals surface area contributed by atoms with E-state index in [-0.39, 0.29) is 31.1 Å². The molecule has 0 radical (unpaired) electrons. The van der Waals surface area contributed by atoms with Gasteiger partial charge in [0.25, 0.3) is 0 Å². The molecule has 53 heavy (non-hydrogen) atoms. The highest BCUT2D eigenvalue weighted by atomic mass is 16.6. The highest BCUT2D eigenvalue weighted by Crippen LogP contribution is 2.14. The Bertz CT molecular complexity index is 991. The molecule has 304 valence electrons. The van der Waals surface area contributed by atoms with Gasteiger partial charge in [-0.15, -0.1) is 0 Å². The molecule has 0 aromatic rings. The standard InChI is InChI=1S/C47H80O6/c1-4-7-10-13-16-19-22-24-26-28-31-34-37-40-46(49)52-43-44(42-51-45(48)39-36-33-30-27-21-18-15-12-9-6-3)53-47(50)41-38-35-32-29-25-23-20-17-14-11-8-5-2/h7,10,13,15-16,18-19,22,24,26,44H,4-6,8-9,11-12,14,17,20-21,23,25,27-43H2,1-3H3/b10-7-,16-13-,18-15-,22-19-,26-24-. The molecule has 0 saturated heterocycles. The van der Waals surface area contributed by atoms with Crippen molar-refractivity contribution in [2.75, 3.05) is 13.2 Å². The summed E-state index contributed by atoms with van der Waals surface area (Å²) < 4.78 is 16.6. The van der Waals surface area contributed by atoms with Crippen LogP contribution in [0.25, 0.3) is 0 Å². The zero-order chi connectivity index (χ0) is 38.7. The summed E-state index contributed by atoms with van der Waals surface area (Å²) >= 11 is 0. The molecule has 0 rings (SSSR count). The van der Waals surface area contributed by atoms with E-state index in [4.69, 9.17) is 14.2 Å². The lowest BCUT2D eigenvalue weighted by atomic mass is 10.0. The van der Waals surface area contributed by atoms with E-state index < -0.39 is 6.10 Å². The quantitative estimate of drug-likeness (QED) is 0.0206. The van der Waals surface area contributed by atoms with Gasteiger partial charge in [-0.2, -0.15) is 0 Å². The van der Waals surface area contributed by atoms with Crippen LogP contribution in [0.4, 0.5) is 0 Å². The molecular formula is C47H80O6. The average Bonchev–Trinajstić information content (AvgIpc) is 3.15. The van der Waals surface area contributed by atoms with Gasteiger partial charge in [0, 0.05) is 19.3 Å². The van der Waals surface area contributed by atoms with Crippen molar-refractivity contribution in [1.82, 2.24) is 0 Å². The van der Waals surface area contributed by atoms with Crippen LogP contribution < -0.4 is 0 Å². The van der Waals surface area contributed by atoms with Gasteiger partial charge < -0.3 is 14.2 Å². The van der Waals surface area contributed by atoms with Crippen LogP contribution in [0.3, 0.4) is 0 Å². The number of unbranched alkanes of at least 4 members (excludes halogenated alkanes) is 20. The zero-order valence-corrected chi connectivity index (χ0v) is 34.5. The fourth-order valence-corrected chi connectivity index (χ4v) is 5.78. The highest BCUT2D eigenvalue weighted by Gasteiger charge is 2.19. The minimum absolute atomic E-state index is 0.0924. The van der Waals surface area contributed by atoms with Gasteiger partial charge in [0.05, 0.1) is 0 Å². The van der Waals surface area contributed by atoms with E-state index in [0.717, 1.165) is 89.9 Å². The fraction of sp³-hybridized carbons (Fsp3) is 0.723. The molecule has 0 N–H and O–H groups in total. The molecule has 0 fully saturated rings. The van der Waals surface area contributed by atoms with Gasteiger partial charge in [-0.05, 0) is 57.8 Å². The van der Waals surface area contributed by atoms with Crippen molar-refractivity contribution >= 4 is 17.9 Å². The van der Waals surface area contributed by atoms with Gasteiger partial charge in [0.15, 0.2) is 6.10 Å². The molecule has 0 aliphatic rings. The topological polar surface area (TPSA) is 78.9 Å². The Balaban J connectivity index is 4.46. The first-order valence-electron chi connectivity index (χ1n) is 21.8. The Kier molecular flexibility index (Phi) is 39.6. The molecule has 6 heteroatoms. The van der Waals surface area contributed by atoms with Crippen LogP contribution in [0.2, 0.25) is 0 Å². The molecule has 0 amide bonds. The molecule has 0 heterocycles. The number of carbonyl (C=O) groups excluding carboxylic acids is 3. The number of esters is 3. The van der Waals surface area contributed by atoms with Crippen molar-refractivity contribution in [3.05, 3.63) is 60.8 Å². The molecule has 6 nitrogen and oxygen atoms in total. The monoisotopic (exact) mass is 741 g/mol. The summed E-state index contributed by atoms with van der Waals surface area (Å²) in [5.74, 6) is -0.950. The van der Waals surface area contributed by atoms with Gasteiger partial charge in [-0.1, -0.05) is 184 Å². The van der Waals surface area contributed by atoms with Gasteiger partial charge in [0.1, 0.15) is 13.2 Å². The lowest BCUT2D eigenvalue weighted by Crippen LogP contribution is -2.30. The number of carbonyl (C=O) groups is 3. The molecule has 0 aromatic carbocycles. The summed E-state index contributed by atoms with van der Waals surface area (Å²) in [5.41, 5.74) is 0. The van der Waals surface area contributed by atoms with Gasteiger partial charge in [0.2, 0.25) is 0 Å². The minimum atomic E-state index is -0.789. The van der Waals surface area contributed by atoms with E-state index in [1.165, 1.54) is 70.6 Å². The second-order valence-electron chi connectivity index (χ2n) is 14.3. The number of ether oxygens (including phenoxy) is 3. The second kappa shape index (κ2) is 41.9. The van der Waals surface area contributed by atoms with Gasteiger partial charge in [-0.25, -0.2) is 0 Å². The lowest BCUT2D eigenvalue weighted by molar-refractivity contribution is -0.167. The zero-order valence-electron chi connectivity index (χ0n) is 34.5. The predicted octanol–water partition coefficient (Wildman–Crippen LogP) is 13.7. The summed E-state index contributed by atoms with van der Waals surface area (Å²) in [4.78, 5) is 37.6. The Morgan fingerprint density at radius 1 is 0.396 bits per heavy atom. The predicted molar refractivity (Wildman–Crippen MR) is 224 cm³/mol. The summed E-state index contributed by atoms with van der Waals surface area (Å²) in [6.45, 7) is 6.38. The maximum absolute atomic E-state index is 12.7. The van der Waals surface area contributed by atoms with Crippen LogP contribution >= 0.6 is 0 Å². The van der Waals surface area contributed by atoms with Crippen molar-refractivity contribution in [3.8, 4) is 0 Å². The Hall–Kier alpha value is -2.89. The maximum atomic E-state index is 12.7. The Morgan fingerprint density at radius 3 is 1.28 bits per heavy atom. The van der Waals surface area contributed by atoms with E-state index in [1.807, 2.05) is 36.5 Å². The van der Waals surface area contributed by atoms with E-state index in [2.05, 4.69) is 45.1 Å². The molecule has 0 aliphatic heterocycles. The smallest absolute Gasteiger partial charge is 0.306 e. The van der Waals surface area contributed by atoms with E-state index >= 15 is 0 Å². The molecule has 0 saturated carbocycles. The Labute approximate surface area is 326 Å². The molecule has 0 bridgehead atoms. The van der Waals surface area contributed by atoms with Crippen LogP contribution in [0.5, 0.6) is 0 Å². The van der Waals surface area contributed by atoms with Crippen molar-refractivity contribution in [3.63, 3.8) is 0 Å². The third-order valence-electron chi connectivity index (χ3n) is 9.10. The maximum Gasteiger partial charge on any atom is 0.306 e. The first-order valence-corrected chi connectivity index (χ1v) is 21.8. The summed E-state index contributed by atoms with van der Waals surface area (Å²) in [6.07, 6.45) is 49.2. The summed E-state index contributed by atoms with van der Waals surface area (Å²) in [6, 6.07) is 0. The van der Waals surface area contributed by atoms with Crippen LogP contribution in [0.1, 0.15) is 201 Å². The van der Waals surface area contributed by atoms with Crippen LogP contribution in [-0.4, -0.2) is 37.2 Å². The molecule has 0 spiro atoms. The van der Waals surface area contributed by atoms with Gasteiger partial charge in [-0.3, -0.25) is 14.4 Å². The van der Waals surface area contributed by atoms with Crippen LogP contribution in [0, 0.1) is 0 Å². The molecule has 0 aliphatic carbocycles. The van der Waals surface area contributed by atoms with Crippen LogP contribution in [0.15, 0.2) is 60.8 Å². The third kappa shape index (κ3) is 40.1. The number of rotatable bonds is 38. The molecule has 1 unspecified atom stereocenters. The highest BCUT2D eigenvalue weighted by molar-refractivity contribution is 5.71. The summed E-state index contributed by atoms with van der Waals surface area (Å²) in [7, 11) is 0. The second-order valence-corrected chi connectivity index (χ2v) is 14.3. The van der Waals surface area contributed by atoms with Gasteiger partial charge >= 0.3 is 17.9 Å². The number of hydrogen-bond donors (Lipinski definition) is 0. The minimum Gasteiger partial charge on any atom is -0.462 e. The van der Waals surface area contributed by atoms with E-state index in [0.29, 0.717) is 19.3 Å². The first kappa shape index (κ1) is 50.1. The molecule has 1 atom stereocenters. The third-order valence-corrected chi connectivity index (χ3v) is 9.10. The largest absolute Gasteiger partial charge is 0.462 e. The summed E-state index contributed by atoms with van der Waals surface area (Å²) in [5, 5.41) is 0. The lowest BCUT2D eigenvalue weighted by Gasteiger charge is -2.18. The van der Waals surface area contributed by atoms with Crippen LogP contribution in [-0.2, 0) is 28.6 Å². The molecular weight excluding hydrogens is 661 g/mol. The fourth-order valence-electron chi connectivity index (χ4n) is 5.78. The number of hydrogen-bond acceptors (Lipinski definition) is 6. The Morgan fingerprint density at radius 2 is 0.774 bits per heavy atom. The van der Waals surface area contributed by atoms with Crippen molar-refractivity contribution in [1.29, 1.82) is 0 Å². The SMILES string of the molecule is CC\C=C/C=C\C=C/C=C\CCCCCC(=O)OCC(COC(=O)CCCCCC/C=C\CCCC)OC(=O)CCCCCCCCCCCCCC. The average molecular weight is 741 g/mol. The number of allylic oxidation sites excluding steroid dienone is 10. The first-order chi connectivity index (χ1) is 26.0. The van der Waals surface area contributed by atoms with Crippen molar-refractivity contribution in [2.45, 2.75) is 207 Å². The molecule has 0 aromatic heterocycles. The van der Waals surface area contributed by atoms with Crippen molar-refractivity contribution < 1.29 is 28.6 Å².